The lowest BCUT2D eigenvalue weighted by Crippen LogP contribution is -2.02. The summed E-state index contributed by atoms with van der Waals surface area (Å²) in [5.74, 6) is -1.27. The highest BCUT2D eigenvalue weighted by Gasteiger charge is 2.16. The molecule has 0 atom stereocenters. The molecular formula is C5H8ClO5P. The molecule has 0 aliphatic rings. The average molecular weight is 215 g/mol. The van der Waals surface area contributed by atoms with Gasteiger partial charge in [-0.15, -0.1) is 0 Å². The van der Waals surface area contributed by atoms with E-state index >= 15 is 0 Å². The van der Waals surface area contributed by atoms with Crippen molar-refractivity contribution < 1.29 is 24.3 Å². The van der Waals surface area contributed by atoms with Gasteiger partial charge in [-0.05, 0) is 6.42 Å². The van der Waals surface area contributed by atoms with Crippen LogP contribution in [0.25, 0.3) is 0 Å². The van der Waals surface area contributed by atoms with Crippen LogP contribution in [0.4, 0.5) is 0 Å². The van der Waals surface area contributed by atoms with Gasteiger partial charge in [0.25, 0.3) is 0 Å². The Morgan fingerprint density at radius 2 is 2.00 bits per heavy atom. The number of aliphatic carboxylic acids is 1. The average Bonchev–Trinajstić information content (AvgIpc) is 1.85. The molecule has 3 N–H and O–H groups in total. The number of carboxylic acids is 1. The maximum Gasteiger partial charge on any atom is 0.332 e. The second-order valence-corrected chi connectivity index (χ2v) is 4.07. The quantitative estimate of drug-likeness (QED) is 0.474. The molecule has 0 saturated heterocycles. The van der Waals surface area contributed by atoms with Crippen LogP contribution in [0.1, 0.15) is 6.42 Å². The predicted octanol–water partition coefficient (Wildman–Crippen LogP) is 0.762. The molecule has 0 bridgehead atoms. The van der Waals surface area contributed by atoms with Crippen molar-refractivity contribution in [3.8, 4) is 0 Å². The van der Waals surface area contributed by atoms with Crippen molar-refractivity contribution in [2.24, 2.45) is 0 Å². The second kappa shape index (κ2) is 4.62. The summed E-state index contributed by atoms with van der Waals surface area (Å²) < 4.78 is 10.3. The molecule has 70 valence electrons. The zero-order chi connectivity index (χ0) is 9.78. The first kappa shape index (κ1) is 11.6. The van der Waals surface area contributed by atoms with Crippen LogP contribution in [0.5, 0.6) is 0 Å². The summed E-state index contributed by atoms with van der Waals surface area (Å²) in [5, 5.41) is 8.36. The van der Waals surface area contributed by atoms with Crippen molar-refractivity contribution in [3.05, 3.63) is 11.1 Å². The Kier molecular flexibility index (Phi) is 4.49. The van der Waals surface area contributed by atoms with E-state index in [1.165, 1.54) is 0 Å². The Morgan fingerprint density at radius 3 is 2.25 bits per heavy atom. The molecule has 0 rings (SSSR count). The Balaban J connectivity index is 4.10. The number of carbonyl (C=O) groups is 1. The number of carboxylic acid groups (broad SMARTS) is 1. The first-order valence-electron chi connectivity index (χ1n) is 2.94. The van der Waals surface area contributed by atoms with E-state index < -0.39 is 19.7 Å². The van der Waals surface area contributed by atoms with Gasteiger partial charge in [0, 0.05) is 11.1 Å². The highest BCUT2D eigenvalue weighted by Crippen LogP contribution is 2.36. The van der Waals surface area contributed by atoms with E-state index in [1.54, 1.807) is 0 Å². The molecule has 0 aromatic rings. The Bertz CT molecular complexity index is 242. The Hall–Kier alpha value is -0.350. The van der Waals surface area contributed by atoms with Crippen LogP contribution in [0.3, 0.4) is 0 Å². The fourth-order valence-corrected chi connectivity index (χ4v) is 1.21. The number of hydrogen-bond acceptors (Lipinski definition) is 2. The molecule has 0 radical (unpaired) electrons. The van der Waals surface area contributed by atoms with Gasteiger partial charge < -0.3 is 14.9 Å². The molecule has 0 unspecified atom stereocenters. The lowest BCUT2D eigenvalue weighted by Gasteiger charge is -2.02. The van der Waals surface area contributed by atoms with E-state index in [2.05, 4.69) is 0 Å². The van der Waals surface area contributed by atoms with E-state index in [-0.39, 0.29) is 12.0 Å². The molecule has 12 heavy (non-hydrogen) atoms. The minimum absolute atomic E-state index is 0.208. The third-order valence-corrected chi connectivity index (χ3v) is 2.15. The van der Waals surface area contributed by atoms with Gasteiger partial charge in [-0.1, -0.05) is 11.6 Å². The van der Waals surface area contributed by atoms with Crippen molar-refractivity contribution in [1.29, 1.82) is 0 Å². The predicted molar refractivity (Wildman–Crippen MR) is 43.1 cm³/mol. The zero-order valence-corrected chi connectivity index (χ0v) is 7.63. The van der Waals surface area contributed by atoms with Crippen LogP contribution in [0.2, 0.25) is 0 Å². The van der Waals surface area contributed by atoms with Crippen molar-refractivity contribution >= 4 is 25.2 Å². The summed E-state index contributed by atoms with van der Waals surface area (Å²) in [7, 11) is -4.14. The summed E-state index contributed by atoms with van der Waals surface area (Å²) in [5.41, 5.74) is 0.595. The van der Waals surface area contributed by atoms with Gasteiger partial charge in [0.05, 0.1) is 6.16 Å². The van der Waals surface area contributed by atoms with Crippen molar-refractivity contribution in [2.75, 3.05) is 6.16 Å². The molecular weight excluding hydrogens is 206 g/mol. The van der Waals surface area contributed by atoms with Gasteiger partial charge in [0.15, 0.2) is 0 Å². The fourth-order valence-electron chi connectivity index (χ4n) is 0.474. The number of rotatable bonds is 4. The van der Waals surface area contributed by atoms with Crippen molar-refractivity contribution in [2.45, 2.75) is 6.42 Å². The number of hydrogen-bond donors (Lipinski definition) is 3. The van der Waals surface area contributed by atoms with Gasteiger partial charge >= 0.3 is 13.6 Å². The number of halogens is 1. The SMILES string of the molecule is O=C(O)C(=CCl)CCP(=O)(O)O. The van der Waals surface area contributed by atoms with Gasteiger partial charge in [0.2, 0.25) is 0 Å². The largest absolute Gasteiger partial charge is 0.478 e. The van der Waals surface area contributed by atoms with E-state index in [9.17, 15) is 9.36 Å². The summed E-state index contributed by atoms with van der Waals surface area (Å²) >= 11 is 5.10. The maximum atomic E-state index is 10.3. The molecule has 7 heteroatoms. The molecule has 0 spiro atoms. The lowest BCUT2D eigenvalue weighted by molar-refractivity contribution is -0.132. The molecule has 5 nitrogen and oxygen atoms in total. The van der Waals surface area contributed by atoms with E-state index in [0.29, 0.717) is 0 Å². The summed E-state index contributed by atoms with van der Waals surface area (Å²) in [6, 6.07) is 0. The molecule has 0 aromatic carbocycles. The molecule has 0 amide bonds. The first-order chi connectivity index (χ1) is 5.37. The molecule has 0 saturated carbocycles. The van der Waals surface area contributed by atoms with Crippen LogP contribution in [-0.2, 0) is 9.36 Å². The Labute approximate surface area is 73.8 Å². The van der Waals surface area contributed by atoms with Gasteiger partial charge in [-0.3, -0.25) is 4.57 Å². The van der Waals surface area contributed by atoms with Crippen LogP contribution >= 0.6 is 19.2 Å². The third-order valence-electron chi connectivity index (χ3n) is 1.08. The Morgan fingerprint density at radius 1 is 1.50 bits per heavy atom. The standard InChI is InChI=1S/C5H8ClO5P/c6-3-4(5(7)8)1-2-12(9,10)11/h3H,1-2H2,(H,7,8)(H2,9,10,11). The third kappa shape index (κ3) is 5.32. The smallest absolute Gasteiger partial charge is 0.332 e. The van der Waals surface area contributed by atoms with E-state index in [4.69, 9.17) is 26.5 Å². The highest BCUT2D eigenvalue weighted by molar-refractivity contribution is 7.51. The summed E-state index contributed by atoms with van der Waals surface area (Å²) in [4.78, 5) is 27.0. The molecule has 0 aliphatic carbocycles. The first-order valence-corrected chi connectivity index (χ1v) is 5.17. The second-order valence-electron chi connectivity index (χ2n) is 2.08. The van der Waals surface area contributed by atoms with Crippen molar-refractivity contribution in [1.82, 2.24) is 0 Å². The topological polar surface area (TPSA) is 94.8 Å². The lowest BCUT2D eigenvalue weighted by atomic mass is 10.2. The summed E-state index contributed by atoms with van der Waals surface area (Å²) in [6.07, 6.45) is -0.735. The van der Waals surface area contributed by atoms with Crippen molar-refractivity contribution in [3.63, 3.8) is 0 Å². The van der Waals surface area contributed by atoms with E-state index in [1.807, 2.05) is 0 Å². The minimum Gasteiger partial charge on any atom is -0.478 e. The summed E-state index contributed by atoms with van der Waals surface area (Å²) in [6.45, 7) is 0. The fraction of sp³-hybridized carbons (Fsp3) is 0.400. The van der Waals surface area contributed by atoms with Crippen LogP contribution in [0.15, 0.2) is 11.1 Å². The van der Waals surface area contributed by atoms with E-state index in [0.717, 1.165) is 5.54 Å². The molecule has 0 heterocycles. The van der Waals surface area contributed by atoms with Crippen LogP contribution in [0, 0.1) is 0 Å². The zero-order valence-electron chi connectivity index (χ0n) is 5.97. The minimum atomic E-state index is -4.14. The van der Waals surface area contributed by atoms with Crippen LogP contribution < -0.4 is 0 Å². The highest BCUT2D eigenvalue weighted by atomic mass is 35.5. The molecule has 0 aromatic heterocycles. The normalized spacial score (nSPS) is 13.1. The van der Waals surface area contributed by atoms with Gasteiger partial charge in [-0.2, -0.15) is 0 Å². The van der Waals surface area contributed by atoms with Gasteiger partial charge in [0.1, 0.15) is 0 Å². The maximum absolute atomic E-state index is 10.3. The van der Waals surface area contributed by atoms with Gasteiger partial charge in [-0.25, -0.2) is 4.79 Å². The molecule has 0 fully saturated rings. The monoisotopic (exact) mass is 214 g/mol. The van der Waals surface area contributed by atoms with Crippen LogP contribution in [-0.4, -0.2) is 27.0 Å². The molecule has 0 aliphatic heterocycles.